The Bertz CT molecular complexity index is 696. The summed E-state index contributed by atoms with van der Waals surface area (Å²) in [5.74, 6) is 2.64. The highest BCUT2D eigenvalue weighted by Crippen LogP contribution is 2.27. The highest BCUT2D eigenvalue weighted by atomic mass is 127. The molecule has 0 aliphatic carbocycles. The van der Waals surface area contributed by atoms with Gasteiger partial charge in [0.1, 0.15) is 17.1 Å². The molecule has 2 aromatic heterocycles. The number of aliphatic hydroxyl groups is 1. The van der Waals surface area contributed by atoms with Crippen molar-refractivity contribution in [3.63, 3.8) is 0 Å². The van der Waals surface area contributed by atoms with E-state index in [1.54, 1.807) is 18.3 Å². The lowest BCUT2D eigenvalue weighted by Crippen LogP contribution is -2.40. The van der Waals surface area contributed by atoms with Crippen molar-refractivity contribution in [3.8, 4) is 0 Å². The number of aliphatic imine (C=N–C) groups is 1. The van der Waals surface area contributed by atoms with Crippen molar-refractivity contribution in [3.05, 3.63) is 45.5 Å². The second-order valence-corrected chi connectivity index (χ2v) is 7.41. The van der Waals surface area contributed by atoms with Gasteiger partial charge in [0.05, 0.1) is 6.54 Å². The first-order chi connectivity index (χ1) is 11.8. The molecule has 3 N–H and O–H groups in total. The second kappa shape index (κ2) is 10.3. The van der Waals surface area contributed by atoms with Crippen molar-refractivity contribution >= 4 is 41.3 Å². The topological polar surface area (TPSA) is 69.8 Å². The number of nitrogens with one attached hydrogen (secondary N) is 2. The molecular formula is C19H30IN3O2S. The van der Waals surface area contributed by atoms with Gasteiger partial charge in [0, 0.05) is 18.7 Å². The third-order valence-electron chi connectivity index (χ3n) is 4.20. The summed E-state index contributed by atoms with van der Waals surface area (Å²) >= 11 is 1.71. The Morgan fingerprint density at radius 3 is 2.65 bits per heavy atom. The lowest BCUT2D eigenvalue weighted by Gasteiger charge is -2.22. The number of furan rings is 1. The smallest absolute Gasteiger partial charge is 0.191 e. The summed E-state index contributed by atoms with van der Waals surface area (Å²) < 4.78 is 5.54. The van der Waals surface area contributed by atoms with Gasteiger partial charge in [-0.25, -0.2) is 4.99 Å². The highest BCUT2D eigenvalue weighted by Gasteiger charge is 2.27. The molecule has 2 atom stereocenters. The maximum Gasteiger partial charge on any atom is 0.191 e. The van der Waals surface area contributed by atoms with Crippen LogP contribution in [0.15, 0.2) is 32.3 Å². The molecule has 0 bridgehead atoms. The number of halogens is 1. The molecule has 2 aromatic rings. The van der Waals surface area contributed by atoms with E-state index in [-0.39, 0.29) is 30.5 Å². The van der Waals surface area contributed by atoms with Gasteiger partial charge in [-0.2, -0.15) is 11.3 Å². The second-order valence-electron chi connectivity index (χ2n) is 6.63. The van der Waals surface area contributed by atoms with E-state index in [1.165, 1.54) is 5.56 Å². The van der Waals surface area contributed by atoms with Gasteiger partial charge < -0.3 is 20.2 Å². The van der Waals surface area contributed by atoms with Crippen molar-refractivity contribution in [1.82, 2.24) is 10.6 Å². The van der Waals surface area contributed by atoms with Crippen LogP contribution in [0.1, 0.15) is 49.3 Å². The standard InChI is InChI=1S/C19H29N3O2S.HI/c1-6-20-18(21-10-13(2)16-7-8-25-11-16)22-12-19(5,23)17-9-14(3)24-15(17)4;/h7-9,11,13,23H,6,10,12H2,1-5H3,(H2,20,21,22);1H. The van der Waals surface area contributed by atoms with Gasteiger partial charge in [0.2, 0.25) is 0 Å². The maximum absolute atomic E-state index is 10.8. The molecule has 2 unspecified atom stereocenters. The van der Waals surface area contributed by atoms with Crippen LogP contribution in [0.4, 0.5) is 0 Å². The molecule has 0 saturated heterocycles. The summed E-state index contributed by atoms with van der Waals surface area (Å²) in [5, 5.41) is 21.7. The van der Waals surface area contributed by atoms with Gasteiger partial charge in [-0.1, -0.05) is 6.92 Å². The van der Waals surface area contributed by atoms with Crippen LogP contribution in [0.3, 0.4) is 0 Å². The van der Waals surface area contributed by atoms with E-state index < -0.39 is 5.60 Å². The Morgan fingerprint density at radius 2 is 2.12 bits per heavy atom. The molecule has 0 amide bonds. The largest absolute Gasteiger partial charge is 0.466 e. The molecule has 0 radical (unpaired) electrons. The number of hydrogen-bond donors (Lipinski definition) is 3. The quantitative estimate of drug-likeness (QED) is 0.309. The molecule has 0 saturated carbocycles. The van der Waals surface area contributed by atoms with Gasteiger partial charge in [-0.05, 0) is 62.1 Å². The number of hydrogen-bond acceptors (Lipinski definition) is 4. The number of thiophene rings is 1. The number of aryl methyl sites for hydroxylation is 2. The minimum Gasteiger partial charge on any atom is -0.466 e. The molecule has 0 aromatic carbocycles. The number of guanidine groups is 1. The van der Waals surface area contributed by atoms with Gasteiger partial charge in [-0.15, -0.1) is 24.0 Å². The SMILES string of the molecule is CCNC(=NCC(C)(O)c1cc(C)oc1C)NCC(C)c1ccsc1.I. The van der Waals surface area contributed by atoms with Crippen molar-refractivity contribution in [2.75, 3.05) is 19.6 Å². The van der Waals surface area contributed by atoms with E-state index in [4.69, 9.17) is 4.42 Å². The summed E-state index contributed by atoms with van der Waals surface area (Å²) in [5.41, 5.74) is 1.05. The van der Waals surface area contributed by atoms with Gasteiger partial charge >= 0.3 is 0 Å². The zero-order valence-electron chi connectivity index (χ0n) is 16.1. The minimum atomic E-state index is -1.07. The van der Waals surface area contributed by atoms with E-state index in [1.807, 2.05) is 26.8 Å². The Balaban J connectivity index is 0.00000338. The van der Waals surface area contributed by atoms with Crippen molar-refractivity contribution in [2.24, 2.45) is 4.99 Å². The monoisotopic (exact) mass is 491 g/mol. The molecule has 2 heterocycles. The van der Waals surface area contributed by atoms with E-state index in [0.717, 1.165) is 30.2 Å². The fourth-order valence-corrected chi connectivity index (χ4v) is 3.53. The molecule has 0 spiro atoms. The fourth-order valence-electron chi connectivity index (χ4n) is 2.75. The number of nitrogens with zero attached hydrogens (tertiary/aromatic N) is 1. The Hall–Kier alpha value is -1.06. The molecular weight excluding hydrogens is 461 g/mol. The average molecular weight is 491 g/mol. The lowest BCUT2D eigenvalue weighted by atomic mass is 9.96. The fraction of sp³-hybridized carbons (Fsp3) is 0.526. The molecule has 146 valence electrons. The lowest BCUT2D eigenvalue weighted by molar-refractivity contribution is 0.0657. The molecule has 0 aliphatic rings. The van der Waals surface area contributed by atoms with Crippen LogP contribution in [0.5, 0.6) is 0 Å². The normalized spacial score (nSPS) is 15.1. The summed E-state index contributed by atoms with van der Waals surface area (Å²) in [4.78, 5) is 4.57. The van der Waals surface area contributed by atoms with Gasteiger partial charge in [-0.3, -0.25) is 0 Å². The van der Waals surface area contributed by atoms with E-state index in [0.29, 0.717) is 11.9 Å². The van der Waals surface area contributed by atoms with E-state index in [2.05, 4.69) is 39.4 Å². The Labute approximate surface area is 177 Å². The number of rotatable bonds is 7. The first-order valence-electron chi connectivity index (χ1n) is 8.67. The Kier molecular flexibility index (Phi) is 9.12. The van der Waals surface area contributed by atoms with Crippen LogP contribution in [-0.4, -0.2) is 30.7 Å². The molecule has 0 fully saturated rings. The molecule has 2 rings (SSSR count). The van der Waals surface area contributed by atoms with Gasteiger partial charge in [0.15, 0.2) is 5.96 Å². The molecule has 0 aliphatic heterocycles. The summed E-state index contributed by atoms with van der Waals surface area (Å²) in [6, 6.07) is 4.03. The molecule has 7 heteroatoms. The Morgan fingerprint density at radius 1 is 1.38 bits per heavy atom. The third kappa shape index (κ3) is 6.28. The van der Waals surface area contributed by atoms with Crippen molar-refractivity contribution < 1.29 is 9.52 Å². The average Bonchev–Trinajstić information content (AvgIpc) is 3.19. The third-order valence-corrected chi connectivity index (χ3v) is 4.90. The van der Waals surface area contributed by atoms with Crippen molar-refractivity contribution in [1.29, 1.82) is 0 Å². The van der Waals surface area contributed by atoms with Crippen LogP contribution in [0.25, 0.3) is 0 Å². The maximum atomic E-state index is 10.8. The predicted octanol–water partition coefficient (Wildman–Crippen LogP) is 4.14. The van der Waals surface area contributed by atoms with E-state index in [9.17, 15) is 5.11 Å². The predicted molar refractivity (Wildman–Crippen MR) is 120 cm³/mol. The van der Waals surface area contributed by atoms with Crippen LogP contribution in [0, 0.1) is 13.8 Å². The van der Waals surface area contributed by atoms with Gasteiger partial charge in [0.25, 0.3) is 0 Å². The summed E-state index contributed by atoms with van der Waals surface area (Å²) in [7, 11) is 0. The first kappa shape index (κ1) is 23.0. The van der Waals surface area contributed by atoms with Crippen LogP contribution < -0.4 is 10.6 Å². The summed E-state index contributed by atoms with van der Waals surface area (Å²) in [6.07, 6.45) is 0. The molecule has 5 nitrogen and oxygen atoms in total. The molecule has 26 heavy (non-hydrogen) atoms. The van der Waals surface area contributed by atoms with Crippen LogP contribution in [0.2, 0.25) is 0 Å². The summed E-state index contributed by atoms with van der Waals surface area (Å²) in [6.45, 7) is 11.5. The van der Waals surface area contributed by atoms with Crippen molar-refractivity contribution in [2.45, 2.75) is 46.1 Å². The zero-order chi connectivity index (χ0) is 18.4. The zero-order valence-corrected chi connectivity index (χ0v) is 19.3. The first-order valence-corrected chi connectivity index (χ1v) is 9.62. The minimum absolute atomic E-state index is 0. The highest BCUT2D eigenvalue weighted by molar-refractivity contribution is 14.0. The van der Waals surface area contributed by atoms with Crippen LogP contribution >= 0.6 is 35.3 Å². The van der Waals surface area contributed by atoms with Crippen LogP contribution in [-0.2, 0) is 5.60 Å². The van der Waals surface area contributed by atoms with E-state index >= 15 is 0 Å².